The van der Waals surface area contributed by atoms with E-state index in [4.69, 9.17) is 4.79 Å². The Hall–Kier alpha value is -1.52. The van der Waals surface area contributed by atoms with Crippen molar-refractivity contribution in [3.05, 3.63) is 18.2 Å². The third kappa shape index (κ3) is 20.4. The van der Waals surface area contributed by atoms with Crippen molar-refractivity contribution < 1.29 is 4.79 Å². The first kappa shape index (κ1) is 23.5. The molecule has 0 aromatic carbocycles. The van der Waals surface area contributed by atoms with Gasteiger partial charge in [0.2, 0.25) is 0 Å². The highest BCUT2D eigenvalue weighted by Gasteiger charge is 1.96. The van der Waals surface area contributed by atoms with E-state index in [9.17, 15) is 0 Å². The van der Waals surface area contributed by atoms with E-state index in [0.29, 0.717) is 0 Å². The number of amides is 2. The van der Waals surface area contributed by atoms with Gasteiger partial charge >= 0.3 is 6.03 Å². The van der Waals surface area contributed by atoms with E-state index in [1.165, 1.54) is 89.9 Å². The maximum atomic E-state index is 9.00. The lowest BCUT2D eigenvalue weighted by Crippen LogP contribution is -2.18. The fourth-order valence-electron chi connectivity index (χ4n) is 2.92. The first-order valence-corrected chi connectivity index (χ1v) is 10.2. The molecule has 0 aliphatic heterocycles. The van der Waals surface area contributed by atoms with Gasteiger partial charge in [0.05, 0.1) is 0 Å². The van der Waals surface area contributed by atoms with Crippen LogP contribution in [0.3, 0.4) is 0 Å². The quantitative estimate of drug-likeness (QED) is 0.365. The van der Waals surface area contributed by atoms with Gasteiger partial charge in [-0.25, -0.2) is 9.78 Å². The zero-order valence-electron chi connectivity index (χ0n) is 16.3. The maximum absolute atomic E-state index is 9.00. The van der Waals surface area contributed by atoms with E-state index in [-0.39, 0.29) is 0 Å². The Balaban J connectivity index is 0.00000129. The fourth-order valence-corrected chi connectivity index (χ4v) is 2.92. The number of hydrogen-bond acceptors (Lipinski definition) is 2. The van der Waals surface area contributed by atoms with Crippen molar-refractivity contribution in [3.8, 4) is 0 Å². The van der Waals surface area contributed by atoms with Crippen LogP contribution in [0.2, 0.25) is 0 Å². The highest BCUT2D eigenvalue weighted by atomic mass is 16.2. The monoisotopic (exact) mass is 352 g/mol. The van der Waals surface area contributed by atoms with Crippen LogP contribution in [0, 0.1) is 0 Å². The van der Waals surface area contributed by atoms with Crippen molar-refractivity contribution in [1.82, 2.24) is 9.97 Å². The summed E-state index contributed by atoms with van der Waals surface area (Å²) in [5.74, 6) is 1.15. The molecule has 5 heteroatoms. The van der Waals surface area contributed by atoms with Crippen molar-refractivity contribution in [3.63, 3.8) is 0 Å². The van der Waals surface area contributed by atoms with Crippen LogP contribution in [-0.4, -0.2) is 16.0 Å². The standard InChI is InChI=1S/C19H36N2.CH4N2O/c1-2-3-4-5-6-7-8-9-10-11-12-13-14-15-16-19-20-17-18-21-19;2-1(3)4/h17-18H,2-16H2,1H3,(H,20,21);(H4,2,3,4). The van der Waals surface area contributed by atoms with E-state index in [0.717, 1.165) is 12.2 Å². The number of H-pyrrole nitrogens is 1. The Morgan fingerprint density at radius 1 is 0.840 bits per heavy atom. The number of aromatic amines is 1. The molecule has 0 radical (unpaired) electrons. The number of nitrogens with one attached hydrogen (secondary N) is 1. The zero-order valence-corrected chi connectivity index (χ0v) is 16.3. The Morgan fingerprint density at radius 3 is 1.60 bits per heavy atom. The predicted molar refractivity (Wildman–Crippen MR) is 106 cm³/mol. The first-order chi connectivity index (χ1) is 12.2. The average molecular weight is 353 g/mol. The average Bonchev–Trinajstić information content (AvgIpc) is 3.08. The Kier molecular flexibility index (Phi) is 17.7. The van der Waals surface area contributed by atoms with Gasteiger partial charge in [-0.2, -0.15) is 0 Å². The van der Waals surface area contributed by atoms with Crippen LogP contribution in [0.5, 0.6) is 0 Å². The molecule has 1 heterocycles. The number of nitrogens with two attached hydrogens (primary N) is 2. The van der Waals surface area contributed by atoms with Gasteiger partial charge in [-0.15, -0.1) is 0 Å². The molecule has 1 rings (SSSR count). The van der Waals surface area contributed by atoms with E-state index in [1.807, 2.05) is 12.4 Å². The molecule has 0 aliphatic rings. The lowest BCUT2D eigenvalue weighted by atomic mass is 10.0. The number of urea groups is 1. The van der Waals surface area contributed by atoms with Gasteiger partial charge in [0.1, 0.15) is 5.82 Å². The summed E-state index contributed by atoms with van der Waals surface area (Å²) < 4.78 is 0. The summed E-state index contributed by atoms with van der Waals surface area (Å²) in [6.45, 7) is 2.29. The number of imidazole rings is 1. The molecule has 0 unspecified atom stereocenters. The molecule has 0 fully saturated rings. The number of aromatic nitrogens is 2. The molecular formula is C20H40N4O. The van der Waals surface area contributed by atoms with Crippen molar-refractivity contribution in [1.29, 1.82) is 0 Å². The Morgan fingerprint density at radius 2 is 1.24 bits per heavy atom. The molecule has 0 atom stereocenters. The van der Waals surface area contributed by atoms with E-state index in [1.54, 1.807) is 0 Å². The molecule has 5 N–H and O–H groups in total. The second-order valence-corrected chi connectivity index (χ2v) is 6.78. The molecule has 5 nitrogen and oxygen atoms in total. The van der Waals surface area contributed by atoms with Gasteiger partial charge in [0.15, 0.2) is 0 Å². The van der Waals surface area contributed by atoms with Crippen LogP contribution in [0.25, 0.3) is 0 Å². The molecule has 0 aliphatic carbocycles. The largest absolute Gasteiger partial charge is 0.352 e. The highest BCUT2D eigenvalue weighted by molar-refractivity contribution is 5.69. The number of carbonyl (C=O) groups is 1. The van der Waals surface area contributed by atoms with Crippen LogP contribution in [0.4, 0.5) is 4.79 Å². The number of nitrogens with zero attached hydrogens (tertiary/aromatic N) is 1. The lowest BCUT2D eigenvalue weighted by molar-refractivity contribution is 0.256. The van der Waals surface area contributed by atoms with E-state index in [2.05, 4.69) is 28.4 Å². The van der Waals surface area contributed by atoms with Gasteiger partial charge in [0.25, 0.3) is 0 Å². The summed E-state index contributed by atoms with van der Waals surface area (Å²) in [5, 5.41) is 0. The molecule has 2 amide bonds. The normalized spacial score (nSPS) is 10.3. The molecule has 1 aromatic heterocycles. The minimum Gasteiger partial charge on any atom is -0.352 e. The van der Waals surface area contributed by atoms with E-state index >= 15 is 0 Å². The lowest BCUT2D eigenvalue weighted by Gasteiger charge is -2.03. The minimum atomic E-state index is -0.833. The topological polar surface area (TPSA) is 97.8 Å². The van der Waals surface area contributed by atoms with Crippen LogP contribution in [0.1, 0.15) is 103 Å². The number of hydrogen-bond donors (Lipinski definition) is 3. The van der Waals surface area contributed by atoms with Crippen LogP contribution >= 0.6 is 0 Å². The van der Waals surface area contributed by atoms with Crippen LogP contribution in [0.15, 0.2) is 12.4 Å². The molecule has 0 spiro atoms. The summed E-state index contributed by atoms with van der Waals surface area (Å²) in [6, 6.07) is -0.833. The van der Waals surface area contributed by atoms with Crippen molar-refractivity contribution in [2.45, 2.75) is 103 Å². The van der Waals surface area contributed by atoms with Gasteiger partial charge in [-0.3, -0.25) is 0 Å². The molecule has 146 valence electrons. The first-order valence-electron chi connectivity index (χ1n) is 10.2. The molecule has 0 saturated heterocycles. The SMILES string of the molecule is CCCCCCCCCCCCCCCCc1ncc[nH]1.NC(N)=O. The number of primary amides is 2. The summed E-state index contributed by atoms with van der Waals surface area (Å²) in [4.78, 5) is 16.4. The zero-order chi connectivity index (χ0) is 18.6. The molecule has 1 aromatic rings. The van der Waals surface area contributed by atoms with Crippen molar-refractivity contribution in [2.24, 2.45) is 11.5 Å². The number of rotatable bonds is 15. The van der Waals surface area contributed by atoms with E-state index < -0.39 is 6.03 Å². The number of aryl methyl sites for hydroxylation is 1. The van der Waals surface area contributed by atoms with Crippen LogP contribution in [-0.2, 0) is 6.42 Å². The highest BCUT2D eigenvalue weighted by Crippen LogP contribution is 2.13. The summed E-state index contributed by atoms with van der Waals surface area (Å²) in [7, 11) is 0. The Labute approximate surface area is 154 Å². The Bertz CT molecular complexity index is 375. The second kappa shape index (κ2) is 18.8. The van der Waals surface area contributed by atoms with Gasteiger partial charge in [-0.05, 0) is 6.42 Å². The third-order valence-electron chi connectivity index (χ3n) is 4.32. The molecule has 0 bridgehead atoms. The van der Waals surface area contributed by atoms with Crippen molar-refractivity contribution in [2.75, 3.05) is 0 Å². The predicted octanol–water partition coefficient (Wildman–Crippen LogP) is 5.46. The number of unbranched alkanes of at least 4 members (excludes halogenated alkanes) is 13. The summed E-state index contributed by atoms with van der Waals surface area (Å²) >= 11 is 0. The fraction of sp³-hybridized carbons (Fsp3) is 0.800. The molecular weight excluding hydrogens is 312 g/mol. The van der Waals surface area contributed by atoms with Crippen molar-refractivity contribution >= 4 is 6.03 Å². The van der Waals surface area contributed by atoms with Gasteiger partial charge in [-0.1, -0.05) is 90.4 Å². The third-order valence-corrected chi connectivity index (χ3v) is 4.32. The summed E-state index contributed by atoms with van der Waals surface area (Å²) in [5.41, 5.74) is 8.50. The maximum Gasteiger partial charge on any atom is 0.309 e. The summed E-state index contributed by atoms with van der Waals surface area (Å²) in [6.07, 6.45) is 24.8. The smallest absolute Gasteiger partial charge is 0.309 e. The van der Waals surface area contributed by atoms with Gasteiger partial charge < -0.3 is 16.5 Å². The van der Waals surface area contributed by atoms with Crippen LogP contribution < -0.4 is 11.5 Å². The second-order valence-electron chi connectivity index (χ2n) is 6.78. The molecule has 0 saturated carbocycles. The number of carbonyl (C=O) groups excluding carboxylic acids is 1. The minimum absolute atomic E-state index is 0.833. The molecule has 25 heavy (non-hydrogen) atoms. The van der Waals surface area contributed by atoms with Gasteiger partial charge in [0, 0.05) is 18.8 Å².